The number of halogens is 2. The summed E-state index contributed by atoms with van der Waals surface area (Å²) in [5.74, 6) is -1.71. The quantitative estimate of drug-likeness (QED) is 0.394. The summed E-state index contributed by atoms with van der Waals surface area (Å²) in [5.41, 5.74) is 2.09. The highest BCUT2D eigenvalue weighted by molar-refractivity contribution is 6.45. The second-order valence-corrected chi connectivity index (χ2v) is 10.4. The van der Waals surface area contributed by atoms with E-state index in [1.165, 1.54) is 23.2 Å². The zero-order chi connectivity index (χ0) is 27.0. The molecule has 2 atom stereocenters. The maximum atomic E-state index is 13.7. The van der Waals surface area contributed by atoms with E-state index in [0.29, 0.717) is 56.8 Å². The first-order valence-electron chi connectivity index (χ1n) is 12.7. The predicted octanol–water partition coefficient (Wildman–Crippen LogP) is 3.74. The summed E-state index contributed by atoms with van der Waals surface area (Å²) in [6, 6.07) is 9.67. The summed E-state index contributed by atoms with van der Waals surface area (Å²) in [5, 5.41) is 0.761. The fraction of sp³-hybridized carbons (Fsp3) is 0.393. The van der Waals surface area contributed by atoms with Gasteiger partial charge in [-0.15, -0.1) is 0 Å². The molecule has 2 amide bonds. The van der Waals surface area contributed by atoms with Crippen molar-refractivity contribution < 1.29 is 23.5 Å². The van der Waals surface area contributed by atoms with Crippen LogP contribution in [0.15, 0.2) is 42.6 Å². The number of amides is 2. The van der Waals surface area contributed by atoms with Crippen molar-refractivity contribution >= 4 is 40.1 Å². The first-order chi connectivity index (χ1) is 18.2. The highest BCUT2D eigenvalue weighted by atomic mass is 35.5. The number of fused-ring (bicyclic) bond motifs is 1. The normalized spacial score (nSPS) is 20.6. The molecule has 2 aliphatic rings. The van der Waals surface area contributed by atoms with E-state index in [-0.39, 0.29) is 40.0 Å². The summed E-state index contributed by atoms with van der Waals surface area (Å²) in [6.07, 6.45) is 1.49. The van der Waals surface area contributed by atoms with E-state index in [0.717, 1.165) is 5.56 Å². The first kappa shape index (κ1) is 26.3. The summed E-state index contributed by atoms with van der Waals surface area (Å²) in [6.45, 7) is 7.37. The standard InChI is InChI=1S/C28H30ClFN4O4/c1-17-15-34(18(2)14-33(17)16-19-3-5-20(30)6-4-19)27(36)22-11-21-23(13-31-25(21)12-24(22)29)26(35)28(37)32-7-9-38-10-8-32/h3-6,11-13,17-18,31H,7-10,14-16H2,1-2H3. The molecule has 3 heterocycles. The van der Waals surface area contributed by atoms with Gasteiger partial charge in [-0.3, -0.25) is 19.3 Å². The van der Waals surface area contributed by atoms with Gasteiger partial charge in [0.2, 0.25) is 0 Å². The SMILES string of the molecule is CC1CN(C(=O)c2cc3c(C(=O)C(=O)N4CCOCC4)c[nH]c3cc2Cl)C(C)CN1Cc1ccc(F)cc1. The summed E-state index contributed by atoms with van der Waals surface area (Å²) in [7, 11) is 0. The van der Waals surface area contributed by atoms with Crippen LogP contribution < -0.4 is 0 Å². The average molecular weight is 541 g/mol. The summed E-state index contributed by atoms with van der Waals surface area (Å²) >= 11 is 6.54. The van der Waals surface area contributed by atoms with E-state index < -0.39 is 11.7 Å². The predicted molar refractivity (Wildman–Crippen MR) is 142 cm³/mol. The van der Waals surface area contributed by atoms with Gasteiger partial charge in [0.15, 0.2) is 0 Å². The van der Waals surface area contributed by atoms with Crippen LogP contribution in [-0.2, 0) is 16.1 Å². The van der Waals surface area contributed by atoms with Crippen molar-refractivity contribution in [1.82, 2.24) is 19.7 Å². The molecular weight excluding hydrogens is 511 g/mol. The van der Waals surface area contributed by atoms with Gasteiger partial charge in [-0.25, -0.2) is 4.39 Å². The minimum absolute atomic E-state index is 0.0678. The Hall–Kier alpha value is -3.27. The lowest BCUT2D eigenvalue weighted by Crippen LogP contribution is -2.57. The second kappa shape index (κ2) is 10.8. The molecule has 2 fully saturated rings. The van der Waals surface area contributed by atoms with Crippen molar-refractivity contribution in [3.05, 3.63) is 70.1 Å². The number of Topliss-reactive ketones (excluding diaryl/α,β-unsaturated/α-hetero) is 1. The van der Waals surface area contributed by atoms with Crippen molar-refractivity contribution in [1.29, 1.82) is 0 Å². The fourth-order valence-electron chi connectivity index (χ4n) is 5.20. The molecule has 1 aromatic heterocycles. The van der Waals surface area contributed by atoms with E-state index in [1.807, 2.05) is 6.92 Å². The van der Waals surface area contributed by atoms with Crippen molar-refractivity contribution in [2.75, 3.05) is 39.4 Å². The van der Waals surface area contributed by atoms with E-state index in [2.05, 4.69) is 16.8 Å². The number of H-pyrrole nitrogens is 1. The van der Waals surface area contributed by atoms with Crippen LogP contribution in [0.3, 0.4) is 0 Å². The van der Waals surface area contributed by atoms with Gasteiger partial charge in [0.25, 0.3) is 17.6 Å². The van der Waals surface area contributed by atoms with Gasteiger partial charge in [-0.1, -0.05) is 23.7 Å². The Morgan fingerprint density at radius 1 is 1.03 bits per heavy atom. The minimum atomic E-state index is -0.629. The minimum Gasteiger partial charge on any atom is -0.378 e. The number of morpholine rings is 1. The Kier molecular flexibility index (Phi) is 7.52. The van der Waals surface area contributed by atoms with Gasteiger partial charge in [-0.2, -0.15) is 0 Å². The molecule has 1 N–H and O–H groups in total. The van der Waals surface area contributed by atoms with Crippen LogP contribution in [0.1, 0.15) is 40.1 Å². The molecule has 200 valence electrons. The van der Waals surface area contributed by atoms with Crippen LogP contribution in [0.2, 0.25) is 5.02 Å². The molecule has 3 aromatic rings. The number of rotatable bonds is 5. The molecule has 38 heavy (non-hydrogen) atoms. The molecule has 0 bridgehead atoms. The van der Waals surface area contributed by atoms with E-state index in [9.17, 15) is 18.8 Å². The molecule has 2 unspecified atom stereocenters. The number of nitrogens with zero attached hydrogens (tertiary/aromatic N) is 3. The van der Waals surface area contributed by atoms with Gasteiger partial charge < -0.3 is 19.5 Å². The van der Waals surface area contributed by atoms with Gasteiger partial charge in [0.1, 0.15) is 5.82 Å². The Morgan fingerprint density at radius 2 is 1.74 bits per heavy atom. The second-order valence-electron chi connectivity index (χ2n) is 10.0. The zero-order valence-electron chi connectivity index (χ0n) is 21.4. The van der Waals surface area contributed by atoms with Crippen LogP contribution in [0.25, 0.3) is 10.9 Å². The average Bonchev–Trinajstić information content (AvgIpc) is 3.33. The van der Waals surface area contributed by atoms with Crippen molar-refractivity contribution in [2.45, 2.75) is 32.5 Å². The lowest BCUT2D eigenvalue weighted by Gasteiger charge is -2.44. The molecule has 0 aliphatic carbocycles. The monoisotopic (exact) mass is 540 g/mol. The number of hydrogen-bond donors (Lipinski definition) is 1. The summed E-state index contributed by atoms with van der Waals surface area (Å²) in [4.78, 5) is 48.2. The lowest BCUT2D eigenvalue weighted by atomic mass is 10.0. The molecule has 0 spiro atoms. The number of hydrogen-bond acceptors (Lipinski definition) is 5. The summed E-state index contributed by atoms with van der Waals surface area (Å²) < 4.78 is 18.6. The molecule has 5 rings (SSSR count). The maximum Gasteiger partial charge on any atom is 0.295 e. The van der Waals surface area contributed by atoms with Gasteiger partial charge in [-0.05, 0) is 43.7 Å². The van der Waals surface area contributed by atoms with E-state index >= 15 is 0 Å². The number of benzene rings is 2. The lowest BCUT2D eigenvalue weighted by molar-refractivity contribution is -0.130. The largest absolute Gasteiger partial charge is 0.378 e. The van der Waals surface area contributed by atoms with Gasteiger partial charge in [0.05, 0.1) is 29.4 Å². The molecule has 8 nitrogen and oxygen atoms in total. The van der Waals surface area contributed by atoms with Crippen molar-refractivity contribution in [3.63, 3.8) is 0 Å². The third-order valence-electron chi connectivity index (χ3n) is 7.41. The fourth-order valence-corrected chi connectivity index (χ4v) is 5.45. The van der Waals surface area contributed by atoms with Crippen LogP contribution in [0.5, 0.6) is 0 Å². The molecule has 2 saturated heterocycles. The number of aromatic amines is 1. The number of nitrogens with one attached hydrogen (secondary N) is 1. The van der Waals surface area contributed by atoms with Crippen molar-refractivity contribution in [2.24, 2.45) is 0 Å². The first-order valence-corrected chi connectivity index (χ1v) is 13.1. The smallest absolute Gasteiger partial charge is 0.295 e. The van der Waals surface area contributed by atoms with Crippen LogP contribution >= 0.6 is 11.6 Å². The Balaban J connectivity index is 1.35. The maximum absolute atomic E-state index is 13.7. The van der Waals surface area contributed by atoms with Crippen LogP contribution in [0, 0.1) is 5.82 Å². The Bertz CT molecular complexity index is 1370. The highest BCUT2D eigenvalue weighted by Gasteiger charge is 2.34. The molecule has 10 heteroatoms. The van der Waals surface area contributed by atoms with Gasteiger partial charge in [0, 0.05) is 61.9 Å². The number of ether oxygens (including phenoxy) is 1. The third-order valence-corrected chi connectivity index (χ3v) is 7.72. The molecule has 2 aromatic carbocycles. The molecule has 0 saturated carbocycles. The molecule has 2 aliphatic heterocycles. The third kappa shape index (κ3) is 5.18. The van der Waals surface area contributed by atoms with E-state index in [4.69, 9.17) is 16.3 Å². The van der Waals surface area contributed by atoms with Gasteiger partial charge >= 0.3 is 0 Å². The molecule has 0 radical (unpaired) electrons. The van der Waals surface area contributed by atoms with E-state index in [1.54, 1.807) is 29.2 Å². The van der Waals surface area contributed by atoms with Crippen molar-refractivity contribution in [3.8, 4) is 0 Å². The van der Waals surface area contributed by atoms with Crippen LogP contribution in [-0.4, -0.2) is 88.8 Å². The number of aromatic nitrogens is 1. The molecular formula is C28H30ClFN4O4. The number of carbonyl (C=O) groups excluding carboxylic acids is 3. The topological polar surface area (TPSA) is 86.0 Å². The Morgan fingerprint density at radius 3 is 2.45 bits per heavy atom. The highest BCUT2D eigenvalue weighted by Crippen LogP contribution is 2.29. The zero-order valence-corrected chi connectivity index (χ0v) is 22.1. The van der Waals surface area contributed by atoms with Crippen LogP contribution in [0.4, 0.5) is 4.39 Å². The number of ketones is 1. The Labute approximate surface area is 225 Å². The number of piperazine rings is 1. The number of carbonyl (C=O) groups is 3.